The van der Waals surface area contributed by atoms with Crippen molar-refractivity contribution < 1.29 is 22.0 Å². The topological polar surface area (TPSA) is 25.2 Å². The minimum absolute atomic E-state index is 0.181. The summed E-state index contributed by atoms with van der Waals surface area (Å²) >= 11 is 1.98. The first-order chi connectivity index (χ1) is 8.86. The number of nitrogens with one attached hydrogen (secondary N) is 1. The summed E-state index contributed by atoms with van der Waals surface area (Å²) in [5.74, 6) is -0.701. The van der Waals surface area contributed by atoms with E-state index in [0.29, 0.717) is 9.53 Å². The molecule has 19 heavy (non-hydrogen) atoms. The molecule has 0 saturated carbocycles. The second-order valence-electron chi connectivity index (χ2n) is 3.75. The smallest absolute Gasteiger partial charge is 0.419 e. The molecule has 0 radical (unpaired) electrons. The maximum atomic E-state index is 13.1. The van der Waals surface area contributed by atoms with E-state index >= 15 is 0 Å². The Hall–Kier alpha value is -1.25. The van der Waals surface area contributed by atoms with Crippen molar-refractivity contribution in [3.63, 3.8) is 0 Å². The van der Waals surface area contributed by atoms with E-state index in [2.05, 4.69) is 5.32 Å². The van der Waals surface area contributed by atoms with Crippen molar-refractivity contribution in [3.8, 4) is 0 Å². The normalized spacial score (nSPS) is 11.6. The zero-order valence-electron chi connectivity index (χ0n) is 9.39. The van der Waals surface area contributed by atoms with E-state index in [1.54, 1.807) is 12.1 Å². The molecule has 1 heterocycles. The lowest BCUT2D eigenvalue weighted by atomic mass is 10.2. The van der Waals surface area contributed by atoms with Gasteiger partial charge >= 0.3 is 6.18 Å². The lowest BCUT2D eigenvalue weighted by Crippen LogP contribution is -2.09. The predicted octanol–water partition coefficient (Wildman–Crippen LogP) is 4.65. The summed E-state index contributed by atoms with van der Waals surface area (Å²) < 4.78 is 56.5. The van der Waals surface area contributed by atoms with Gasteiger partial charge in [-0.2, -0.15) is 13.2 Å². The minimum atomic E-state index is -4.71. The van der Waals surface area contributed by atoms with Gasteiger partial charge in [-0.3, -0.25) is 0 Å². The molecule has 7 heteroatoms. The lowest BCUT2D eigenvalue weighted by molar-refractivity contribution is -0.139. The van der Waals surface area contributed by atoms with Crippen LogP contribution in [0.4, 0.5) is 23.2 Å². The van der Waals surface area contributed by atoms with Gasteiger partial charge in [-0.25, -0.2) is 4.39 Å². The van der Waals surface area contributed by atoms with Crippen LogP contribution in [0.15, 0.2) is 34.7 Å². The third-order valence-electron chi connectivity index (χ3n) is 2.37. The van der Waals surface area contributed by atoms with Crippen LogP contribution in [0, 0.1) is 9.58 Å². The van der Waals surface area contributed by atoms with E-state index in [1.165, 1.54) is 6.07 Å². The fourth-order valence-electron chi connectivity index (χ4n) is 1.49. The summed E-state index contributed by atoms with van der Waals surface area (Å²) in [4.78, 5) is 0. The van der Waals surface area contributed by atoms with Gasteiger partial charge in [0, 0.05) is 5.69 Å². The predicted molar refractivity (Wildman–Crippen MR) is 70.2 cm³/mol. The monoisotopic (exact) mass is 385 g/mol. The second-order valence-corrected chi connectivity index (χ2v) is 4.81. The maximum absolute atomic E-state index is 13.1. The van der Waals surface area contributed by atoms with Crippen LogP contribution in [0.25, 0.3) is 0 Å². The number of hydrogen-bond donors (Lipinski definition) is 1. The quantitative estimate of drug-likeness (QED) is 0.615. The van der Waals surface area contributed by atoms with E-state index < -0.39 is 17.6 Å². The highest BCUT2D eigenvalue weighted by molar-refractivity contribution is 14.1. The van der Waals surface area contributed by atoms with Crippen LogP contribution in [-0.2, 0) is 12.7 Å². The Balaban J connectivity index is 2.13. The van der Waals surface area contributed by atoms with E-state index in [-0.39, 0.29) is 12.2 Å². The summed E-state index contributed by atoms with van der Waals surface area (Å²) in [6.07, 6.45) is -4.71. The summed E-state index contributed by atoms with van der Waals surface area (Å²) in [5, 5.41) is 2.75. The first kappa shape index (κ1) is 14.2. The summed E-state index contributed by atoms with van der Waals surface area (Å²) in [6, 6.07) is 6.23. The van der Waals surface area contributed by atoms with E-state index in [0.717, 1.165) is 12.1 Å². The molecule has 2 nitrogen and oxygen atoms in total. The molecule has 0 unspecified atom stereocenters. The maximum Gasteiger partial charge on any atom is 0.419 e. The van der Waals surface area contributed by atoms with Crippen molar-refractivity contribution in [3.05, 3.63) is 51.2 Å². The number of anilines is 1. The summed E-state index contributed by atoms with van der Waals surface area (Å²) in [7, 11) is 0. The fourth-order valence-corrected chi connectivity index (χ4v) is 1.95. The Labute approximate surface area is 119 Å². The Bertz CT molecular complexity index is 579. The molecule has 0 spiro atoms. The van der Waals surface area contributed by atoms with Crippen LogP contribution < -0.4 is 5.32 Å². The molecular weight excluding hydrogens is 377 g/mol. The van der Waals surface area contributed by atoms with Crippen molar-refractivity contribution in [1.29, 1.82) is 0 Å². The lowest BCUT2D eigenvalue weighted by Gasteiger charge is -2.11. The van der Waals surface area contributed by atoms with Gasteiger partial charge in [0.05, 0.1) is 12.1 Å². The average Bonchev–Trinajstić information content (AvgIpc) is 2.72. The van der Waals surface area contributed by atoms with Crippen molar-refractivity contribution in [2.45, 2.75) is 12.7 Å². The van der Waals surface area contributed by atoms with E-state index in [9.17, 15) is 17.6 Å². The third kappa shape index (κ3) is 3.62. The Morgan fingerprint density at radius 3 is 2.47 bits per heavy atom. The van der Waals surface area contributed by atoms with Crippen LogP contribution in [0.5, 0.6) is 0 Å². The highest BCUT2D eigenvalue weighted by Gasteiger charge is 2.34. The van der Waals surface area contributed by atoms with Gasteiger partial charge < -0.3 is 9.73 Å². The van der Waals surface area contributed by atoms with Gasteiger partial charge in [0.15, 0.2) is 3.77 Å². The van der Waals surface area contributed by atoms with Crippen molar-refractivity contribution in [2.24, 2.45) is 0 Å². The number of furan rings is 1. The summed E-state index contributed by atoms with van der Waals surface area (Å²) in [6.45, 7) is 0.228. The van der Waals surface area contributed by atoms with Crippen molar-refractivity contribution in [2.75, 3.05) is 5.32 Å². The summed E-state index contributed by atoms with van der Waals surface area (Å²) in [5.41, 5.74) is -1.10. The third-order valence-corrected chi connectivity index (χ3v) is 2.95. The molecule has 0 saturated heterocycles. The van der Waals surface area contributed by atoms with Crippen LogP contribution in [0.2, 0.25) is 0 Å². The molecule has 0 amide bonds. The molecule has 102 valence electrons. The highest BCUT2D eigenvalue weighted by atomic mass is 127. The zero-order valence-corrected chi connectivity index (χ0v) is 11.5. The van der Waals surface area contributed by atoms with Crippen LogP contribution >= 0.6 is 22.6 Å². The largest absolute Gasteiger partial charge is 0.454 e. The first-order valence-electron chi connectivity index (χ1n) is 5.21. The van der Waals surface area contributed by atoms with Gasteiger partial charge in [0.25, 0.3) is 0 Å². The fraction of sp³-hybridized carbons (Fsp3) is 0.167. The number of alkyl halides is 3. The molecule has 0 aliphatic carbocycles. The number of hydrogen-bond acceptors (Lipinski definition) is 2. The highest BCUT2D eigenvalue weighted by Crippen LogP contribution is 2.33. The van der Waals surface area contributed by atoms with Gasteiger partial charge in [-0.15, -0.1) is 0 Å². The standard InChI is InChI=1S/C12H8F4INO/c13-10-3-1-7(5-9(10)12(14,15)16)18-6-8-2-4-11(17)19-8/h1-5,18H,6H2. The molecule has 1 N–H and O–H groups in total. The van der Waals surface area contributed by atoms with Crippen molar-refractivity contribution >= 4 is 28.3 Å². The minimum Gasteiger partial charge on any atom is -0.454 e. The Kier molecular flexibility index (Phi) is 4.02. The zero-order chi connectivity index (χ0) is 14.0. The van der Waals surface area contributed by atoms with Gasteiger partial charge in [-0.1, -0.05) is 0 Å². The molecule has 1 aromatic carbocycles. The average molecular weight is 385 g/mol. The van der Waals surface area contributed by atoms with E-state index in [4.69, 9.17) is 4.42 Å². The second kappa shape index (κ2) is 5.40. The molecule has 2 aromatic rings. The Morgan fingerprint density at radius 1 is 1.16 bits per heavy atom. The SMILES string of the molecule is Fc1ccc(NCc2ccc(I)o2)cc1C(F)(F)F. The molecule has 0 bridgehead atoms. The van der Waals surface area contributed by atoms with Crippen molar-refractivity contribution in [1.82, 2.24) is 0 Å². The van der Waals surface area contributed by atoms with Crippen LogP contribution in [0.1, 0.15) is 11.3 Å². The van der Waals surface area contributed by atoms with Crippen LogP contribution in [-0.4, -0.2) is 0 Å². The van der Waals surface area contributed by atoms with Crippen LogP contribution in [0.3, 0.4) is 0 Å². The molecular formula is C12H8F4INO. The molecule has 0 fully saturated rings. The number of benzene rings is 1. The Morgan fingerprint density at radius 2 is 1.89 bits per heavy atom. The number of rotatable bonds is 3. The first-order valence-corrected chi connectivity index (χ1v) is 6.29. The molecule has 1 aromatic heterocycles. The van der Waals surface area contributed by atoms with E-state index in [1.807, 2.05) is 22.6 Å². The molecule has 0 aliphatic heterocycles. The van der Waals surface area contributed by atoms with Gasteiger partial charge in [0.2, 0.25) is 0 Å². The van der Waals surface area contributed by atoms with Gasteiger partial charge in [0.1, 0.15) is 11.6 Å². The number of halogens is 5. The molecule has 0 atom stereocenters. The van der Waals surface area contributed by atoms with Gasteiger partial charge in [-0.05, 0) is 52.9 Å². The molecule has 2 rings (SSSR count). The molecule has 0 aliphatic rings.